The summed E-state index contributed by atoms with van der Waals surface area (Å²) in [6.45, 7) is 5.72. The number of nitrogen functional groups attached to an aromatic ring is 1. The smallest absolute Gasteiger partial charge is 0.300 e. The van der Waals surface area contributed by atoms with Crippen molar-refractivity contribution in [2.75, 3.05) is 45.7 Å². The third-order valence-corrected chi connectivity index (χ3v) is 4.39. The molecule has 1 fully saturated rings. The van der Waals surface area contributed by atoms with Gasteiger partial charge in [0.05, 0.1) is 20.3 Å². The van der Waals surface area contributed by atoms with Gasteiger partial charge in [-0.25, -0.2) is 0 Å². The zero-order chi connectivity index (χ0) is 17.2. The van der Waals surface area contributed by atoms with E-state index in [1.807, 2.05) is 0 Å². The average Bonchev–Trinajstić information content (AvgIpc) is 2.59. The predicted octanol–water partition coefficient (Wildman–Crippen LogP) is 1.51. The van der Waals surface area contributed by atoms with E-state index >= 15 is 0 Å². The molecule has 7 heteroatoms. The highest BCUT2D eigenvalue weighted by molar-refractivity contribution is 5.27. The van der Waals surface area contributed by atoms with Gasteiger partial charge in [0.15, 0.2) is 0 Å². The van der Waals surface area contributed by atoms with Crippen LogP contribution in [-0.4, -0.2) is 54.4 Å². The normalized spacial score (nSPS) is 15.5. The summed E-state index contributed by atoms with van der Waals surface area (Å²) in [4.78, 5) is 18.4. The number of hydrogen-bond acceptors (Lipinski definition) is 6. The molecule has 0 amide bonds. The molecule has 0 atom stereocenters. The highest BCUT2D eigenvalue weighted by atomic mass is 16.5. The Balaban J connectivity index is 1.56. The topological polar surface area (TPSA) is 82.6 Å². The number of morpholine rings is 1. The SMILES string of the molecule is COc1nc(N)cc(=O)n1CCCCCCCCN1CCOCC1. The van der Waals surface area contributed by atoms with E-state index in [1.54, 1.807) is 4.57 Å². The summed E-state index contributed by atoms with van der Waals surface area (Å²) in [5.74, 6) is 0.202. The van der Waals surface area contributed by atoms with Gasteiger partial charge in [0.25, 0.3) is 5.56 Å². The lowest BCUT2D eigenvalue weighted by Crippen LogP contribution is -2.36. The molecule has 1 aliphatic rings. The largest absolute Gasteiger partial charge is 0.468 e. The molecule has 0 spiro atoms. The van der Waals surface area contributed by atoms with E-state index in [-0.39, 0.29) is 11.4 Å². The second-order valence-corrected chi connectivity index (χ2v) is 6.23. The quantitative estimate of drug-likeness (QED) is 0.651. The molecule has 0 aromatic carbocycles. The lowest BCUT2D eigenvalue weighted by Gasteiger charge is -2.26. The van der Waals surface area contributed by atoms with E-state index in [2.05, 4.69) is 9.88 Å². The Bertz CT molecular complexity index is 541. The molecule has 1 aliphatic heterocycles. The summed E-state index contributed by atoms with van der Waals surface area (Å²) >= 11 is 0. The van der Waals surface area contributed by atoms with Gasteiger partial charge in [0.1, 0.15) is 5.82 Å². The molecule has 2 N–H and O–H groups in total. The van der Waals surface area contributed by atoms with Gasteiger partial charge in [0, 0.05) is 25.7 Å². The van der Waals surface area contributed by atoms with Gasteiger partial charge in [-0.2, -0.15) is 4.98 Å². The first-order valence-electron chi connectivity index (χ1n) is 8.92. The first-order valence-corrected chi connectivity index (χ1v) is 8.92. The molecule has 24 heavy (non-hydrogen) atoms. The van der Waals surface area contributed by atoms with E-state index in [9.17, 15) is 4.79 Å². The van der Waals surface area contributed by atoms with Crippen molar-refractivity contribution in [3.8, 4) is 6.01 Å². The molecule has 7 nitrogen and oxygen atoms in total. The van der Waals surface area contributed by atoms with Crippen molar-refractivity contribution in [2.45, 2.75) is 45.1 Å². The van der Waals surface area contributed by atoms with Crippen molar-refractivity contribution in [3.63, 3.8) is 0 Å². The number of unbranched alkanes of at least 4 members (excludes halogenated alkanes) is 5. The fraction of sp³-hybridized carbons (Fsp3) is 0.765. The summed E-state index contributed by atoms with van der Waals surface area (Å²) in [6.07, 6.45) is 7.03. The Morgan fingerprint density at radius 3 is 2.42 bits per heavy atom. The maximum absolute atomic E-state index is 11.9. The summed E-state index contributed by atoms with van der Waals surface area (Å²) in [5.41, 5.74) is 5.42. The predicted molar refractivity (Wildman–Crippen MR) is 94.4 cm³/mol. The van der Waals surface area contributed by atoms with Crippen molar-refractivity contribution >= 4 is 5.82 Å². The van der Waals surface area contributed by atoms with Crippen LogP contribution >= 0.6 is 0 Å². The minimum absolute atomic E-state index is 0.148. The average molecular weight is 338 g/mol. The standard InChI is InChI=1S/C17H30N4O3/c1-23-17-19-15(18)14-16(22)21(17)9-7-5-3-2-4-6-8-20-10-12-24-13-11-20/h14H,2-13,18H2,1H3. The van der Waals surface area contributed by atoms with Gasteiger partial charge < -0.3 is 15.2 Å². The van der Waals surface area contributed by atoms with Crippen LogP contribution in [0.3, 0.4) is 0 Å². The van der Waals surface area contributed by atoms with Gasteiger partial charge in [-0.15, -0.1) is 0 Å². The van der Waals surface area contributed by atoms with E-state index < -0.39 is 0 Å². The fourth-order valence-corrected chi connectivity index (χ4v) is 3.00. The minimum atomic E-state index is -0.148. The molecule has 2 rings (SSSR count). The van der Waals surface area contributed by atoms with Crippen LogP contribution in [0.5, 0.6) is 6.01 Å². The van der Waals surface area contributed by atoms with Crippen LogP contribution in [0, 0.1) is 0 Å². The Labute approximate surface area is 143 Å². The van der Waals surface area contributed by atoms with Gasteiger partial charge >= 0.3 is 6.01 Å². The molecule has 0 bridgehead atoms. The first-order chi connectivity index (χ1) is 11.7. The number of ether oxygens (including phenoxy) is 2. The maximum Gasteiger partial charge on any atom is 0.300 e. The van der Waals surface area contributed by atoms with Crippen molar-refractivity contribution in [2.24, 2.45) is 0 Å². The third kappa shape index (κ3) is 6.13. The van der Waals surface area contributed by atoms with Gasteiger partial charge in [-0.1, -0.05) is 25.7 Å². The number of nitrogens with zero attached hydrogens (tertiary/aromatic N) is 3. The molecular formula is C17H30N4O3. The van der Waals surface area contributed by atoms with Crippen LogP contribution < -0.4 is 16.0 Å². The summed E-state index contributed by atoms with van der Waals surface area (Å²) in [7, 11) is 1.51. The third-order valence-electron chi connectivity index (χ3n) is 4.39. The van der Waals surface area contributed by atoms with Crippen LogP contribution in [-0.2, 0) is 11.3 Å². The second kappa shape index (κ2) is 10.3. The van der Waals surface area contributed by atoms with Gasteiger partial charge in [-0.05, 0) is 19.4 Å². The van der Waals surface area contributed by atoms with Gasteiger partial charge in [-0.3, -0.25) is 14.3 Å². The van der Waals surface area contributed by atoms with Crippen molar-refractivity contribution in [1.82, 2.24) is 14.5 Å². The summed E-state index contributed by atoms with van der Waals surface area (Å²) < 4.78 is 12.0. The molecule has 1 aromatic heterocycles. The van der Waals surface area contributed by atoms with Crippen molar-refractivity contribution in [1.29, 1.82) is 0 Å². The lowest BCUT2D eigenvalue weighted by molar-refractivity contribution is 0.0371. The van der Waals surface area contributed by atoms with E-state index in [0.29, 0.717) is 12.6 Å². The first kappa shape index (κ1) is 18.7. The second-order valence-electron chi connectivity index (χ2n) is 6.23. The van der Waals surface area contributed by atoms with Crippen LogP contribution in [0.2, 0.25) is 0 Å². The molecular weight excluding hydrogens is 308 g/mol. The molecule has 136 valence electrons. The zero-order valence-electron chi connectivity index (χ0n) is 14.7. The number of hydrogen-bond donors (Lipinski definition) is 1. The van der Waals surface area contributed by atoms with Crippen LogP contribution in [0.4, 0.5) is 5.82 Å². The molecule has 0 radical (unpaired) electrons. The molecule has 0 unspecified atom stereocenters. The van der Waals surface area contributed by atoms with Crippen molar-refractivity contribution in [3.05, 3.63) is 16.4 Å². The molecule has 1 aromatic rings. The Hall–Kier alpha value is -1.60. The molecule has 2 heterocycles. The number of rotatable bonds is 10. The monoisotopic (exact) mass is 338 g/mol. The molecule has 1 saturated heterocycles. The molecule has 0 aliphatic carbocycles. The van der Waals surface area contributed by atoms with Crippen LogP contribution in [0.1, 0.15) is 38.5 Å². The fourth-order valence-electron chi connectivity index (χ4n) is 3.00. The number of anilines is 1. The Kier molecular flexibility index (Phi) is 8.04. The number of aromatic nitrogens is 2. The minimum Gasteiger partial charge on any atom is -0.468 e. The van der Waals surface area contributed by atoms with E-state index in [1.165, 1.54) is 45.4 Å². The lowest BCUT2D eigenvalue weighted by atomic mass is 10.1. The highest BCUT2D eigenvalue weighted by Crippen LogP contribution is 2.11. The highest BCUT2D eigenvalue weighted by Gasteiger charge is 2.09. The Morgan fingerprint density at radius 2 is 1.75 bits per heavy atom. The van der Waals surface area contributed by atoms with E-state index in [4.69, 9.17) is 15.2 Å². The maximum atomic E-state index is 11.9. The summed E-state index contributed by atoms with van der Waals surface area (Å²) in [6, 6.07) is 1.64. The Morgan fingerprint density at radius 1 is 1.12 bits per heavy atom. The van der Waals surface area contributed by atoms with Crippen molar-refractivity contribution < 1.29 is 9.47 Å². The number of nitrogens with two attached hydrogens (primary N) is 1. The number of methoxy groups -OCH3 is 1. The van der Waals surface area contributed by atoms with Gasteiger partial charge in [0.2, 0.25) is 0 Å². The zero-order valence-corrected chi connectivity index (χ0v) is 14.7. The van der Waals surface area contributed by atoms with Crippen LogP contribution in [0.15, 0.2) is 10.9 Å². The molecule has 0 saturated carbocycles. The van der Waals surface area contributed by atoms with E-state index in [0.717, 1.165) is 39.1 Å². The van der Waals surface area contributed by atoms with Crippen LogP contribution in [0.25, 0.3) is 0 Å². The summed E-state index contributed by atoms with van der Waals surface area (Å²) in [5, 5.41) is 0.